The van der Waals surface area contributed by atoms with E-state index in [4.69, 9.17) is 4.74 Å². The third kappa shape index (κ3) is 4.95. The summed E-state index contributed by atoms with van der Waals surface area (Å²) in [5.41, 5.74) is 0.517. The molecule has 23 heavy (non-hydrogen) atoms. The van der Waals surface area contributed by atoms with Gasteiger partial charge >= 0.3 is 0 Å². The van der Waals surface area contributed by atoms with E-state index in [2.05, 4.69) is 47.8 Å². The highest BCUT2D eigenvalue weighted by Crippen LogP contribution is 2.46. The van der Waals surface area contributed by atoms with E-state index < -0.39 is 0 Å². The highest BCUT2D eigenvalue weighted by molar-refractivity contribution is 14.0. The molecular formula is C17H35IN4O. The van der Waals surface area contributed by atoms with Crippen LogP contribution in [0.3, 0.4) is 0 Å². The number of unbranched alkanes of at least 4 members (excludes halogenated alkanes) is 1. The van der Waals surface area contributed by atoms with E-state index >= 15 is 0 Å². The van der Waals surface area contributed by atoms with Crippen molar-refractivity contribution in [1.29, 1.82) is 0 Å². The minimum Gasteiger partial charge on any atom is -0.379 e. The van der Waals surface area contributed by atoms with Gasteiger partial charge < -0.3 is 15.0 Å². The lowest BCUT2D eigenvalue weighted by molar-refractivity contribution is -0.0667. The Labute approximate surface area is 159 Å². The zero-order valence-electron chi connectivity index (χ0n) is 15.5. The molecule has 2 aliphatic rings. The first-order valence-electron chi connectivity index (χ1n) is 8.67. The number of nitrogens with one attached hydrogen (secondary N) is 1. The quantitative estimate of drug-likeness (QED) is 0.310. The first kappa shape index (κ1) is 21.0. The van der Waals surface area contributed by atoms with Crippen molar-refractivity contribution in [2.75, 3.05) is 53.0 Å². The maximum absolute atomic E-state index is 5.38. The molecule has 0 spiro atoms. The fourth-order valence-electron chi connectivity index (χ4n) is 3.18. The van der Waals surface area contributed by atoms with Crippen LogP contribution in [0.4, 0.5) is 0 Å². The van der Waals surface area contributed by atoms with Crippen LogP contribution in [0.15, 0.2) is 4.99 Å². The molecule has 0 aliphatic carbocycles. The van der Waals surface area contributed by atoms with Crippen molar-refractivity contribution >= 4 is 29.9 Å². The zero-order chi connectivity index (χ0) is 16.2. The van der Waals surface area contributed by atoms with E-state index in [-0.39, 0.29) is 29.5 Å². The standard InChI is InChI=1S/C17H34N4O.HI/c1-16(2)14-21(17(16,3)4)15(18-5)19-8-6-7-9-20-10-12-22-13-11-20;/h6-14H2,1-5H3,(H,18,19);1H. The van der Waals surface area contributed by atoms with Crippen LogP contribution in [0.5, 0.6) is 0 Å². The van der Waals surface area contributed by atoms with Crippen LogP contribution in [0.1, 0.15) is 40.5 Å². The van der Waals surface area contributed by atoms with Gasteiger partial charge in [0.05, 0.1) is 13.2 Å². The molecule has 0 amide bonds. The molecule has 0 bridgehead atoms. The summed E-state index contributed by atoms with van der Waals surface area (Å²) in [7, 11) is 1.89. The molecule has 0 atom stereocenters. The number of aliphatic imine (C=N–C) groups is 1. The van der Waals surface area contributed by atoms with Gasteiger partial charge in [0, 0.05) is 44.2 Å². The topological polar surface area (TPSA) is 40.1 Å². The van der Waals surface area contributed by atoms with E-state index in [0.29, 0.717) is 5.41 Å². The molecule has 0 aromatic heterocycles. The highest BCUT2D eigenvalue weighted by atomic mass is 127. The Morgan fingerprint density at radius 3 is 2.30 bits per heavy atom. The van der Waals surface area contributed by atoms with Gasteiger partial charge in [-0.15, -0.1) is 24.0 Å². The molecule has 2 fully saturated rings. The highest BCUT2D eigenvalue weighted by Gasteiger charge is 2.53. The second-order valence-corrected chi connectivity index (χ2v) is 7.66. The van der Waals surface area contributed by atoms with E-state index in [1.165, 1.54) is 19.4 Å². The van der Waals surface area contributed by atoms with Crippen molar-refractivity contribution in [2.24, 2.45) is 10.4 Å². The molecular weight excluding hydrogens is 403 g/mol. The van der Waals surface area contributed by atoms with Crippen LogP contribution >= 0.6 is 24.0 Å². The molecule has 2 aliphatic heterocycles. The summed E-state index contributed by atoms with van der Waals surface area (Å²) in [5, 5.41) is 3.54. The summed E-state index contributed by atoms with van der Waals surface area (Å²) in [5.74, 6) is 1.05. The normalized spacial score (nSPS) is 23.9. The van der Waals surface area contributed by atoms with E-state index in [1.54, 1.807) is 0 Å². The second-order valence-electron chi connectivity index (χ2n) is 7.66. The van der Waals surface area contributed by atoms with Crippen LogP contribution in [0, 0.1) is 5.41 Å². The Hall–Kier alpha value is -0.0800. The second kappa shape index (κ2) is 8.85. The van der Waals surface area contributed by atoms with Crippen molar-refractivity contribution in [2.45, 2.75) is 46.1 Å². The smallest absolute Gasteiger partial charge is 0.194 e. The number of rotatable bonds is 5. The molecule has 2 rings (SSSR count). The van der Waals surface area contributed by atoms with Gasteiger partial charge in [0.15, 0.2) is 5.96 Å². The molecule has 0 unspecified atom stereocenters. The van der Waals surface area contributed by atoms with Gasteiger partial charge in [-0.2, -0.15) is 0 Å². The van der Waals surface area contributed by atoms with E-state index in [9.17, 15) is 0 Å². The zero-order valence-corrected chi connectivity index (χ0v) is 17.9. The maximum Gasteiger partial charge on any atom is 0.194 e. The number of guanidine groups is 1. The van der Waals surface area contributed by atoms with Gasteiger partial charge in [-0.05, 0) is 33.2 Å². The van der Waals surface area contributed by atoms with E-state index in [0.717, 1.165) is 45.4 Å². The van der Waals surface area contributed by atoms with Crippen LogP contribution < -0.4 is 5.32 Å². The van der Waals surface area contributed by atoms with Crippen molar-refractivity contribution in [1.82, 2.24) is 15.1 Å². The van der Waals surface area contributed by atoms with Gasteiger partial charge in [0.2, 0.25) is 0 Å². The lowest BCUT2D eigenvalue weighted by Gasteiger charge is -2.62. The maximum atomic E-state index is 5.38. The Bertz CT molecular complexity index is 392. The summed E-state index contributed by atoms with van der Waals surface area (Å²) in [6, 6.07) is 0. The van der Waals surface area contributed by atoms with Gasteiger partial charge in [-0.1, -0.05) is 13.8 Å². The van der Waals surface area contributed by atoms with Crippen LogP contribution in [-0.4, -0.2) is 74.3 Å². The summed E-state index contributed by atoms with van der Waals surface area (Å²) in [6.45, 7) is 16.5. The average molecular weight is 438 g/mol. The van der Waals surface area contributed by atoms with Crippen molar-refractivity contribution in [3.8, 4) is 0 Å². The number of morpholine rings is 1. The minimum atomic E-state index is 0. The summed E-state index contributed by atoms with van der Waals surface area (Å²) in [4.78, 5) is 9.36. The molecule has 0 saturated carbocycles. The molecule has 0 aromatic carbocycles. The summed E-state index contributed by atoms with van der Waals surface area (Å²) >= 11 is 0. The minimum absolute atomic E-state index is 0. The number of likely N-dealkylation sites (tertiary alicyclic amines) is 1. The predicted molar refractivity (Wildman–Crippen MR) is 108 cm³/mol. The SMILES string of the molecule is CN=C(NCCCCN1CCOCC1)N1CC(C)(C)C1(C)C.I. The number of halogens is 1. The number of nitrogens with zero attached hydrogens (tertiary/aromatic N) is 3. The Kier molecular flexibility index (Phi) is 8.07. The fraction of sp³-hybridized carbons (Fsp3) is 0.941. The van der Waals surface area contributed by atoms with Gasteiger partial charge in [0.25, 0.3) is 0 Å². The monoisotopic (exact) mass is 438 g/mol. The first-order valence-corrected chi connectivity index (χ1v) is 8.67. The molecule has 2 heterocycles. The van der Waals surface area contributed by atoms with Crippen molar-refractivity contribution in [3.63, 3.8) is 0 Å². The molecule has 0 radical (unpaired) electrons. The lowest BCUT2D eigenvalue weighted by Crippen LogP contribution is -2.72. The van der Waals surface area contributed by atoms with E-state index in [1.807, 2.05) is 7.05 Å². The fourth-order valence-corrected chi connectivity index (χ4v) is 3.18. The third-order valence-corrected chi connectivity index (χ3v) is 5.64. The molecule has 0 aromatic rings. The molecule has 1 N–H and O–H groups in total. The van der Waals surface area contributed by atoms with Crippen LogP contribution in [-0.2, 0) is 4.74 Å². The Balaban J connectivity index is 0.00000264. The number of ether oxygens (including phenoxy) is 1. The lowest BCUT2D eigenvalue weighted by atomic mass is 9.65. The third-order valence-electron chi connectivity index (χ3n) is 5.64. The predicted octanol–water partition coefficient (Wildman–Crippen LogP) is 2.41. The molecule has 136 valence electrons. The van der Waals surface area contributed by atoms with Crippen LogP contribution in [0.25, 0.3) is 0 Å². The Morgan fingerprint density at radius 1 is 1.13 bits per heavy atom. The van der Waals surface area contributed by atoms with Crippen LogP contribution in [0.2, 0.25) is 0 Å². The van der Waals surface area contributed by atoms with Gasteiger partial charge in [-0.25, -0.2) is 0 Å². The van der Waals surface area contributed by atoms with Gasteiger partial charge in [-0.3, -0.25) is 9.89 Å². The number of hydrogen-bond acceptors (Lipinski definition) is 3. The molecule has 5 nitrogen and oxygen atoms in total. The summed E-state index contributed by atoms with van der Waals surface area (Å²) in [6.07, 6.45) is 2.42. The van der Waals surface area contributed by atoms with Crippen molar-refractivity contribution in [3.05, 3.63) is 0 Å². The van der Waals surface area contributed by atoms with Gasteiger partial charge in [0.1, 0.15) is 0 Å². The van der Waals surface area contributed by atoms with Crippen molar-refractivity contribution < 1.29 is 4.74 Å². The number of hydrogen-bond donors (Lipinski definition) is 1. The average Bonchev–Trinajstić information content (AvgIpc) is 2.50. The largest absolute Gasteiger partial charge is 0.379 e. The Morgan fingerprint density at radius 2 is 1.78 bits per heavy atom. The first-order chi connectivity index (χ1) is 10.4. The summed E-state index contributed by atoms with van der Waals surface area (Å²) < 4.78 is 5.38. The molecule has 6 heteroatoms. The molecule has 2 saturated heterocycles.